The van der Waals surface area contributed by atoms with E-state index in [1.807, 2.05) is 50.3 Å². The highest BCUT2D eigenvalue weighted by Crippen LogP contribution is 2.36. The summed E-state index contributed by atoms with van der Waals surface area (Å²) < 4.78 is 5.73. The predicted octanol–water partition coefficient (Wildman–Crippen LogP) is 4.54. The zero-order chi connectivity index (χ0) is 17.3. The molecule has 0 unspecified atom stereocenters. The van der Waals surface area contributed by atoms with Gasteiger partial charge in [-0.15, -0.1) is 0 Å². The van der Waals surface area contributed by atoms with Crippen molar-refractivity contribution >= 4 is 17.0 Å². The number of phenolic OH excluding ortho intramolecular Hbond substituents is 2. The summed E-state index contributed by atoms with van der Waals surface area (Å²) in [6, 6.07) is 11.9. The molecule has 1 heterocycles. The molecule has 2 N–H and O–H groups in total. The van der Waals surface area contributed by atoms with Gasteiger partial charge in [0.25, 0.3) is 0 Å². The third kappa shape index (κ3) is 2.91. The van der Waals surface area contributed by atoms with Crippen LogP contribution >= 0.6 is 0 Å². The Morgan fingerprint density at radius 1 is 1.08 bits per heavy atom. The Morgan fingerprint density at radius 3 is 2.46 bits per heavy atom. The smallest absolute Gasteiger partial charge is 0.197 e. The van der Waals surface area contributed by atoms with Gasteiger partial charge in [-0.3, -0.25) is 4.79 Å². The zero-order valence-corrected chi connectivity index (χ0v) is 13.5. The molecule has 0 aliphatic carbocycles. The third-order valence-corrected chi connectivity index (χ3v) is 3.72. The molecule has 3 aromatic rings. The van der Waals surface area contributed by atoms with Crippen LogP contribution in [0.4, 0.5) is 0 Å². The summed E-state index contributed by atoms with van der Waals surface area (Å²) in [5.41, 5.74) is 0.764. The Bertz CT molecular complexity index is 966. The Labute approximate surface area is 139 Å². The number of phenols is 2. The van der Waals surface area contributed by atoms with Crippen LogP contribution in [0, 0.1) is 5.92 Å². The molecule has 1 aromatic heterocycles. The molecule has 0 atom stereocenters. The van der Waals surface area contributed by atoms with Crippen molar-refractivity contribution in [2.45, 2.75) is 13.8 Å². The van der Waals surface area contributed by atoms with E-state index < -0.39 is 0 Å². The first-order chi connectivity index (χ1) is 11.5. The first-order valence-corrected chi connectivity index (χ1v) is 7.74. The van der Waals surface area contributed by atoms with E-state index in [0.717, 1.165) is 5.56 Å². The van der Waals surface area contributed by atoms with E-state index in [1.165, 1.54) is 12.1 Å². The molecule has 0 saturated carbocycles. The van der Waals surface area contributed by atoms with Gasteiger partial charge in [0.15, 0.2) is 5.43 Å². The van der Waals surface area contributed by atoms with Crippen molar-refractivity contribution < 1.29 is 14.6 Å². The highest BCUT2D eigenvalue weighted by Gasteiger charge is 2.16. The van der Waals surface area contributed by atoms with Gasteiger partial charge in [-0.05, 0) is 5.92 Å². The second-order valence-corrected chi connectivity index (χ2v) is 5.98. The Balaban J connectivity index is 2.24. The predicted molar refractivity (Wildman–Crippen MR) is 95.1 cm³/mol. The Kier molecular flexibility index (Phi) is 4.13. The van der Waals surface area contributed by atoms with E-state index in [2.05, 4.69) is 0 Å². The van der Waals surface area contributed by atoms with E-state index in [-0.39, 0.29) is 39.4 Å². The third-order valence-electron chi connectivity index (χ3n) is 3.72. The zero-order valence-electron chi connectivity index (χ0n) is 13.5. The Morgan fingerprint density at radius 2 is 1.79 bits per heavy atom. The van der Waals surface area contributed by atoms with Gasteiger partial charge in [0.1, 0.15) is 28.2 Å². The number of hydrogen-bond acceptors (Lipinski definition) is 4. The SMILES string of the molecule is CC(C)/C=C/c1c(O)cc2oc(-c3ccccc3)cc(=O)c2c1O. The largest absolute Gasteiger partial charge is 0.507 e. The summed E-state index contributed by atoms with van der Waals surface area (Å²) in [4.78, 5) is 12.5. The van der Waals surface area contributed by atoms with E-state index in [9.17, 15) is 15.0 Å². The van der Waals surface area contributed by atoms with Gasteiger partial charge >= 0.3 is 0 Å². The van der Waals surface area contributed by atoms with Crippen molar-refractivity contribution in [1.82, 2.24) is 0 Å². The van der Waals surface area contributed by atoms with E-state index >= 15 is 0 Å². The summed E-state index contributed by atoms with van der Waals surface area (Å²) in [5, 5.41) is 20.7. The molecule has 0 saturated heterocycles. The van der Waals surface area contributed by atoms with Crippen LogP contribution in [-0.2, 0) is 0 Å². The van der Waals surface area contributed by atoms with Crippen molar-refractivity contribution in [2.24, 2.45) is 5.92 Å². The first kappa shape index (κ1) is 15.9. The molecular formula is C20H18O4. The molecule has 0 amide bonds. The number of hydrogen-bond donors (Lipinski definition) is 2. The minimum absolute atomic E-state index is 0.0656. The fourth-order valence-corrected chi connectivity index (χ4v) is 2.50. The average Bonchev–Trinajstić information content (AvgIpc) is 2.54. The van der Waals surface area contributed by atoms with Gasteiger partial charge in [0.05, 0.1) is 5.56 Å². The fraction of sp³-hybridized carbons (Fsp3) is 0.150. The van der Waals surface area contributed by atoms with E-state index in [1.54, 1.807) is 6.08 Å². The molecule has 0 bridgehead atoms. The molecule has 4 heteroatoms. The van der Waals surface area contributed by atoms with Crippen molar-refractivity contribution in [3.05, 3.63) is 64.3 Å². The van der Waals surface area contributed by atoms with Gasteiger partial charge in [0, 0.05) is 17.7 Å². The molecular weight excluding hydrogens is 304 g/mol. The number of rotatable bonds is 3. The van der Waals surface area contributed by atoms with Crippen molar-refractivity contribution in [1.29, 1.82) is 0 Å². The topological polar surface area (TPSA) is 70.7 Å². The molecule has 0 fully saturated rings. The molecule has 0 spiro atoms. The van der Waals surface area contributed by atoms with Crippen molar-refractivity contribution in [3.63, 3.8) is 0 Å². The van der Waals surface area contributed by atoms with Gasteiger partial charge in [0.2, 0.25) is 0 Å². The number of allylic oxidation sites excluding steroid dienone is 1. The average molecular weight is 322 g/mol. The van der Waals surface area contributed by atoms with Crippen LogP contribution in [0.1, 0.15) is 19.4 Å². The van der Waals surface area contributed by atoms with Crippen LogP contribution in [0.3, 0.4) is 0 Å². The van der Waals surface area contributed by atoms with Crippen LogP contribution in [0.25, 0.3) is 28.4 Å². The highest BCUT2D eigenvalue weighted by molar-refractivity contribution is 5.91. The Hall–Kier alpha value is -3.01. The standard InChI is InChI=1S/C20H18O4/c1-12(2)8-9-14-15(21)10-18-19(20(14)23)16(22)11-17(24-18)13-6-4-3-5-7-13/h3-12,21,23H,1-2H3/b9-8+. The second kappa shape index (κ2) is 6.24. The quantitative estimate of drug-likeness (QED) is 0.742. The molecule has 0 aliphatic heterocycles. The molecule has 0 radical (unpaired) electrons. The summed E-state index contributed by atoms with van der Waals surface area (Å²) in [6.07, 6.45) is 3.44. The van der Waals surface area contributed by atoms with Crippen LogP contribution in [0.15, 0.2) is 57.8 Å². The fourth-order valence-electron chi connectivity index (χ4n) is 2.50. The molecule has 4 nitrogen and oxygen atoms in total. The molecule has 3 rings (SSSR count). The minimum atomic E-state index is -0.355. The molecule has 122 valence electrons. The molecule has 0 aliphatic rings. The molecule has 24 heavy (non-hydrogen) atoms. The normalized spacial score (nSPS) is 11.6. The second-order valence-electron chi connectivity index (χ2n) is 5.98. The summed E-state index contributed by atoms with van der Waals surface area (Å²) >= 11 is 0. The highest BCUT2D eigenvalue weighted by atomic mass is 16.3. The van der Waals surface area contributed by atoms with Crippen LogP contribution < -0.4 is 5.43 Å². The summed E-state index contributed by atoms with van der Waals surface area (Å²) in [7, 11) is 0. The van der Waals surface area contributed by atoms with Gasteiger partial charge in [-0.2, -0.15) is 0 Å². The summed E-state index contributed by atoms with van der Waals surface area (Å²) in [6.45, 7) is 3.96. The lowest BCUT2D eigenvalue weighted by Gasteiger charge is -2.09. The van der Waals surface area contributed by atoms with Crippen LogP contribution in [0.2, 0.25) is 0 Å². The van der Waals surface area contributed by atoms with Gasteiger partial charge in [-0.25, -0.2) is 0 Å². The lowest BCUT2D eigenvalue weighted by Crippen LogP contribution is -2.01. The van der Waals surface area contributed by atoms with E-state index in [0.29, 0.717) is 5.76 Å². The van der Waals surface area contributed by atoms with Gasteiger partial charge < -0.3 is 14.6 Å². The number of aromatic hydroxyl groups is 2. The molecule has 2 aromatic carbocycles. The minimum Gasteiger partial charge on any atom is -0.507 e. The maximum absolute atomic E-state index is 12.5. The maximum Gasteiger partial charge on any atom is 0.197 e. The first-order valence-electron chi connectivity index (χ1n) is 7.74. The summed E-state index contributed by atoms with van der Waals surface area (Å²) in [5.74, 6) is 0.231. The number of benzene rings is 2. The maximum atomic E-state index is 12.5. The van der Waals surface area contributed by atoms with Gasteiger partial charge in [-0.1, -0.05) is 56.3 Å². The van der Waals surface area contributed by atoms with Crippen LogP contribution in [-0.4, -0.2) is 10.2 Å². The van der Waals surface area contributed by atoms with Crippen LogP contribution in [0.5, 0.6) is 11.5 Å². The van der Waals surface area contributed by atoms with Crippen molar-refractivity contribution in [2.75, 3.05) is 0 Å². The van der Waals surface area contributed by atoms with E-state index in [4.69, 9.17) is 4.42 Å². The lowest BCUT2D eigenvalue weighted by atomic mass is 10.0. The lowest BCUT2D eigenvalue weighted by molar-refractivity contribution is 0.450. The van der Waals surface area contributed by atoms with Crippen molar-refractivity contribution in [3.8, 4) is 22.8 Å². The monoisotopic (exact) mass is 322 g/mol. The number of fused-ring (bicyclic) bond motifs is 1.